The van der Waals surface area contributed by atoms with Crippen molar-refractivity contribution in [2.75, 3.05) is 25.6 Å². The summed E-state index contributed by atoms with van der Waals surface area (Å²) in [5, 5.41) is 3.21. The van der Waals surface area contributed by atoms with Crippen LogP contribution in [0, 0.1) is 9.39 Å². The summed E-state index contributed by atoms with van der Waals surface area (Å²) in [7, 11) is 1.63. The van der Waals surface area contributed by atoms with Crippen molar-refractivity contribution in [1.82, 2.24) is 0 Å². The summed E-state index contributed by atoms with van der Waals surface area (Å²) in [5.41, 5.74) is 0.908. The fourth-order valence-corrected chi connectivity index (χ4v) is 2.33. The highest BCUT2D eigenvalue weighted by molar-refractivity contribution is 14.1. The normalized spacial score (nSPS) is 10.2. The molecule has 0 radical (unpaired) electrons. The van der Waals surface area contributed by atoms with Crippen LogP contribution in [0.1, 0.15) is 0 Å². The van der Waals surface area contributed by atoms with E-state index < -0.39 is 0 Å². The predicted molar refractivity (Wildman–Crippen MR) is 86.1 cm³/mol. The van der Waals surface area contributed by atoms with E-state index in [0.717, 1.165) is 20.8 Å². The average molecular weight is 387 g/mol. The molecule has 0 saturated heterocycles. The molecule has 0 bridgehead atoms. The molecule has 0 spiro atoms. The molecule has 0 aliphatic rings. The average Bonchev–Trinajstić information content (AvgIpc) is 2.46. The molecule has 0 aromatic heterocycles. The van der Waals surface area contributed by atoms with Crippen LogP contribution in [-0.2, 0) is 0 Å². The van der Waals surface area contributed by atoms with Crippen molar-refractivity contribution in [1.29, 1.82) is 0 Å². The zero-order chi connectivity index (χ0) is 14.4. The number of hydrogen-bond donors (Lipinski definition) is 1. The van der Waals surface area contributed by atoms with Crippen molar-refractivity contribution in [2.24, 2.45) is 0 Å². The van der Waals surface area contributed by atoms with Gasteiger partial charge >= 0.3 is 0 Å². The molecule has 5 heteroatoms. The van der Waals surface area contributed by atoms with Gasteiger partial charge in [-0.25, -0.2) is 4.39 Å². The van der Waals surface area contributed by atoms with Crippen LogP contribution < -0.4 is 14.8 Å². The number of anilines is 1. The van der Waals surface area contributed by atoms with E-state index in [4.69, 9.17) is 9.47 Å². The Morgan fingerprint density at radius 1 is 1.10 bits per heavy atom. The summed E-state index contributed by atoms with van der Waals surface area (Å²) >= 11 is 2.10. The molecule has 0 saturated carbocycles. The van der Waals surface area contributed by atoms with Crippen molar-refractivity contribution in [3.05, 3.63) is 51.9 Å². The Labute approximate surface area is 131 Å². The number of benzene rings is 2. The monoisotopic (exact) mass is 387 g/mol. The smallest absolute Gasteiger partial charge is 0.124 e. The maximum absolute atomic E-state index is 13.0. The summed E-state index contributed by atoms with van der Waals surface area (Å²) < 4.78 is 24.5. The lowest BCUT2D eigenvalue weighted by Gasteiger charge is -2.10. The summed E-state index contributed by atoms with van der Waals surface area (Å²) in [6, 6.07) is 12.1. The van der Waals surface area contributed by atoms with Crippen molar-refractivity contribution in [2.45, 2.75) is 0 Å². The summed E-state index contributed by atoms with van der Waals surface area (Å²) in [4.78, 5) is 0. The van der Waals surface area contributed by atoms with Gasteiger partial charge in [0.2, 0.25) is 0 Å². The molecule has 2 aromatic rings. The van der Waals surface area contributed by atoms with Crippen LogP contribution in [0.2, 0.25) is 0 Å². The van der Waals surface area contributed by atoms with E-state index in [0.29, 0.717) is 13.2 Å². The number of halogens is 2. The van der Waals surface area contributed by atoms with Crippen molar-refractivity contribution < 1.29 is 13.9 Å². The van der Waals surface area contributed by atoms with E-state index in [1.165, 1.54) is 12.1 Å². The Hall–Kier alpha value is -1.50. The molecule has 0 atom stereocenters. The molecule has 20 heavy (non-hydrogen) atoms. The third-order valence-corrected chi connectivity index (χ3v) is 3.57. The first kappa shape index (κ1) is 14.9. The largest absolute Gasteiger partial charge is 0.497 e. The van der Waals surface area contributed by atoms with Crippen LogP contribution in [0.4, 0.5) is 10.1 Å². The maximum atomic E-state index is 13.0. The molecular weight excluding hydrogens is 372 g/mol. The Morgan fingerprint density at radius 3 is 2.45 bits per heavy atom. The van der Waals surface area contributed by atoms with Crippen LogP contribution in [0.3, 0.4) is 0 Å². The number of nitrogens with one attached hydrogen (secondary N) is 1. The minimum atomic E-state index is -0.227. The van der Waals surface area contributed by atoms with Gasteiger partial charge in [0, 0.05) is 15.8 Å². The fourth-order valence-electron chi connectivity index (χ4n) is 1.66. The van der Waals surface area contributed by atoms with E-state index in [2.05, 4.69) is 27.9 Å². The lowest BCUT2D eigenvalue weighted by molar-refractivity contribution is 0.331. The van der Waals surface area contributed by atoms with Gasteiger partial charge in [0.05, 0.1) is 7.11 Å². The molecule has 2 aromatic carbocycles. The van der Waals surface area contributed by atoms with Gasteiger partial charge in [0.1, 0.15) is 23.9 Å². The molecule has 0 aliphatic heterocycles. The van der Waals surface area contributed by atoms with Crippen molar-refractivity contribution in [3.63, 3.8) is 0 Å². The highest BCUT2D eigenvalue weighted by atomic mass is 127. The minimum absolute atomic E-state index is 0.227. The molecule has 0 aliphatic carbocycles. The van der Waals surface area contributed by atoms with Gasteiger partial charge < -0.3 is 14.8 Å². The number of hydrogen-bond acceptors (Lipinski definition) is 3. The van der Waals surface area contributed by atoms with Gasteiger partial charge in [-0.2, -0.15) is 0 Å². The van der Waals surface area contributed by atoms with Gasteiger partial charge in [-0.3, -0.25) is 0 Å². The van der Waals surface area contributed by atoms with Crippen LogP contribution in [0.5, 0.6) is 11.5 Å². The quantitative estimate of drug-likeness (QED) is 0.602. The second-order valence-electron chi connectivity index (χ2n) is 4.07. The zero-order valence-electron chi connectivity index (χ0n) is 11.0. The number of ether oxygens (including phenoxy) is 2. The molecule has 2 rings (SSSR count). The SMILES string of the molecule is COc1ccc(OCCNc2ccc(F)cc2I)cc1. The molecule has 0 fully saturated rings. The molecule has 3 nitrogen and oxygen atoms in total. The Bertz CT molecular complexity index is 560. The van der Waals surface area contributed by atoms with Gasteiger partial charge in [0.25, 0.3) is 0 Å². The Balaban J connectivity index is 1.78. The molecule has 1 N–H and O–H groups in total. The first-order chi connectivity index (χ1) is 9.69. The van der Waals surface area contributed by atoms with Gasteiger partial charge in [0.15, 0.2) is 0 Å². The van der Waals surface area contributed by atoms with E-state index in [1.807, 2.05) is 24.3 Å². The number of rotatable bonds is 6. The first-order valence-electron chi connectivity index (χ1n) is 6.15. The van der Waals surface area contributed by atoms with Crippen LogP contribution in [-0.4, -0.2) is 20.3 Å². The predicted octanol–water partition coefficient (Wildman–Crippen LogP) is 3.93. The zero-order valence-corrected chi connectivity index (χ0v) is 13.2. The molecule has 0 unspecified atom stereocenters. The van der Waals surface area contributed by atoms with Crippen LogP contribution in [0.15, 0.2) is 42.5 Å². The Kier molecular flexibility index (Phi) is 5.46. The summed E-state index contributed by atoms with van der Waals surface area (Å²) in [5.74, 6) is 1.37. The van der Waals surface area contributed by atoms with Gasteiger partial charge in [-0.1, -0.05) is 0 Å². The fraction of sp³-hybridized carbons (Fsp3) is 0.200. The van der Waals surface area contributed by atoms with E-state index >= 15 is 0 Å². The van der Waals surface area contributed by atoms with E-state index in [-0.39, 0.29) is 5.82 Å². The van der Waals surface area contributed by atoms with E-state index in [9.17, 15) is 4.39 Å². The van der Waals surface area contributed by atoms with Crippen LogP contribution >= 0.6 is 22.6 Å². The minimum Gasteiger partial charge on any atom is -0.497 e. The summed E-state index contributed by atoms with van der Waals surface area (Å²) in [6.45, 7) is 1.17. The first-order valence-corrected chi connectivity index (χ1v) is 7.22. The maximum Gasteiger partial charge on any atom is 0.124 e. The lowest BCUT2D eigenvalue weighted by Crippen LogP contribution is -2.12. The second kappa shape index (κ2) is 7.33. The number of methoxy groups -OCH3 is 1. The molecule has 106 valence electrons. The third-order valence-electron chi connectivity index (χ3n) is 2.68. The highest BCUT2D eigenvalue weighted by Gasteiger charge is 2.01. The molecule has 0 heterocycles. The summed E-state index contributed by atoms with van der Waals surface area (Å²) in [6.07, 6.45) is 0. The van der Waals surface area contributed by atoms with E-state index in [1.54, 1.807) is 13.2 Å². The molecular formula is C15H15FINO2. The third kappa shape index (κ3) is 4.26. The van der Waals surface area contributed by atoms with Gasteiger partial charge in [-0.15, -0.1) is 0 Å². The van der Waals surface area contributed by atoms with Crippen molar-refractivity contribution >= 4 is 28.3 Å². The van der Waals surface area contributed by atoms with Crippen molar-refractivity contribution in [3.8, 4) is 11.5 Å². The lowest BCUT2D eigenvalue weighted by atomic mass is 10.3. The van der Waals surface area contributed by atoms with Crippen LogP contribution in [0.25, 0.3) is 0 Å². The standard InChI is InChI=1S/C15H15FINO2/c1-19-12-3-5-13(6-4-12)20-9-8-18-15-7-2-11(16)10-14(15)17/h2-7,10,18H,8-9H2,1H3. The van der Waals surface area contributed by atoms with Gasteiger partial charge in [-0.05, 0) is 65.1 Å². The molecule has 0 amide bonds. The highest BCUT2D eigenvalue weighted by Crippen LogP contribution is 2.19. The topological polar surface area (TPSA) is 30.5 Å². The second-order valence-corrected chi connectivity index (χ2v) is 5.24. The Morgan fingerprint density at radius 2 is 1.80 bits per heavy atom.